The molecule has 1 saturated carbocycles. The maximum atomic E-state index is 11.2. The summed E-state index contributed by atoms with van der Waals surface area (Å²) in [7, 11) is 1.54. The van der Waals surface area contributed by atoms with Crippen LogP contribution in [-0.4, -0.2) is 25.6 Å². The number of primary amides is 1. The zero-order valence-electron chi connectivity index (χ0n) is 10.3. The molecule has 0 radical (unpaired) electrons. The van der Waals surface area contributed by atoms with Crippen LogP contribution in [0.25, 0.3) is 0 Å². The van der Waals surface area contributed by atoms with Gasteiger partial charge in [0, 0.05) is 17.3 Å². The van der Waals surface area contributed by atoms with E-state index in [-0.39, 0.29) is 0 Å². The Hall–Kier alpha value is -2.15. The van der Waals surface area contributed by atoms with E-state index in [0.717, 1.165) is 18.5 Å². The summed E-state index contributed by atoms with van der Waals surface area (Å²) < 4.78 is 4.73. The Kier molecular flexibility index (Phi) is 3.73. The first-order valence-electron chi connectivity index (χ1n) is 5.89. The number of carbonyl (C=O) groups excluding carboxylic acids is 1. The fraction of sp³-hybridized carbons (Fsp3) is 0.357. The topological polar surface area (TPSA) is 55.6 Å². The van der Waals surface area contributed by atoms with E-state index in [0.29, 0.717) is 18.2 Å². The van der Waals surface area contributed by atoms with E-state index in [9.17, 15) is 4.79 Å². The van der Waals surface area contributed by atoms with Gasteiger partial charge in [-0.2, -0.15) is 0 Å². The largest absolute Gasteiger partial charge is 0.450 e. The van der Waals surface area contributed by atoms with Crippen LogP contribution in [0.1, 0.15) is 23.2 Å². The quantitative estimate of drug-likeness (QED) is 0.814. The average molecular weight is 244 g/mol. The Morgan fingerprint density at radius 2 is 2.33 bits per heavy atom. The molecule has 1 aliphatic rings. The Labute approximate surface area is 107 Å². The molecular formula is C14H16N2O2. The molecule has 1 fully saturated rings. The Bertz CT molecular complexity index is 498. The van der Waals surface area contributed by atoms with Crippen molar-refractivity contribution in [2.45, 2.75) is 18.9 Å². The van der Waals surface area contributed by atoms with Crippen LogP contribution in [-0.2, 0) is 4.74 Å². The number of rotatable bonds is 4. The highest BCUT2D eigenvalue weighted by Gasteiger charge is 2.28. The third-order valence-corrected chi connectivity index (χ3v) is 2.87. The first kappa shape index (κ1) is 12.3. The van der Waals surface area contributed by atoms with E-state index in [1.807, 2.05) is 18.2 Å². The van der Waals surface area contributed by atoms with E-state index in [1.54, 1.807) is 13.2 Å². The van der Waals surface area contributed by atoms with Gasteiger partial charge in [0.2, 0.25) is 5.91 Å². The second-order valence-electron chi connectivity index (χ2n) is 4.26. The van der Waals surface area contributed by atoms with Crippen molar-refractivity contribution >= 4 is 11.6 Å². The number of benzene rings is 1. The molecule has 0 heterocycles. The second kappa shape index (κ2) is 5.46. The van der Waals surface area contributed by atoms with Gasteiger partial charge >= 0.3 is 0 Å². The minimum atomic E-state index is -0.407. The summed E-state index contributed by atoms with van der Waals surface area (Å²) in [6.45, 7) is 0.598. The van der Waals surface area contributed by atoms with Crippen molar-refractivity contribution in [3.8, 4) is 12.0 Å². The SMILES string of the molecule is COC#CCN(c1cccc(C(N)=O)c1)C1CC1. The maximum absolute atomic E-state index is 11.2. The minimum Gasteiger partial charge on any atom is -0.450 e. The molecule has 1 aromatic carbocycles. The van der Waals surface area contributed by atoms with Crippen molar-refractivity contribution in [3.63, 3.8) is 0 Å². The molecule has 0 saturated heterocycles. The number of ether oxygens (including phenoxy) is 1. The van der Waals surface area contributed by atoms with E-state index in [2.05, 4.69) is 16.9 Å². The van der Waals surface area contributed by atoms with Crippen LogP contribution < -0.4 is 10.6 Å². The van der Waals surface area contributed by atoms with Crippen LogP contribution in [0, 0.1) is 12.0 Å². The van der Waals surface area contributed by atoms with Crippen molar-refractivity contribution < 1.29 is 9.53 Å². The second-order valence-corrected chi connectivity index (χ2v) is 4.26. The number of carbonyl (C=O) groups is 1. The highest BCUT2D eigenvalue weighted by Crippen LogP contribution is 2.31. The molecule has 0 spiro atoms. The molecule has 1 amide bonds. The first-order valence-corrected chi connectivity index (χ1v) is 5.89. The lowest BCUT2D eigenvalue weighted by molar-refractivity contribution is 0.100. The number of hydrogen-bond donors (Lipinski definition) is 1. The summed E-state index contributed by atoms with van der Waals surface area (Å²) in [6.07, 6.45) is 4.91. The molecule has 0 aliphatic heterocycles. The molecule has 0 bridgehead atoms. The summed E-state index contributed by atoms with van der Waals surface area (Å²) in [5.74, 6) is 2.53. The smallest absolute Gasteiger partial charge is 0.248 e. The van der Waals surface area contributed by atoms with Crippen molar-refractivity contribution in [1.82, 2.24) is 0 Å². The number of nitrogens with zero attached hydrogens (tertiary/aromatic N) is 1. The van der Waals surface area contributed by atoms with Crippen LogP contribution in [0.15, 0.2) is 24.3 Å². The fourth-order valence-electron chi connectivity index (χ4n) is 1.84. The summed E-state index contributed by atoms with van der Waals surface area (Å²) in [6, 6.07) is 7.86. The zero-order valence-corrected chi connectivity index (χ0v) is 10.3. The van der Waals surface area contributed by atoms with Crippen LogP contribution in [0.5, 0.6) is 0 Å². The molecule has 2 rings (SSSR count). The lowest BCUT2D eigenvalue weighted by Crippen LogP contribution is -2.26. The zero-order chi connectivity index (χ0) is 13.0. The van der Waals surface area contributed by atoms with Gasteiger partial charge in [0.05, 0.1) is 13.7 Å². The van der Waals surface area contributed by atoms with Gasteiger partial charge in [0.1, 0.15) is 6.11 Å². The monoisotopic (exact) mass is 244 g/mol. The molecule has 4 nitrogen and oxygen atoms in total. The standard InChI is InChI=1S/C14H16N2O2/c1-18-9-3-8-16(12-6-7-12)13-5-2-4-11(10-13)14(15)17/h2,4-5,10,12H,6-8H2,1H3,(H2,15,17). The summed E-state index contributed by atoms with van der Waals surface area (Å²) in [5.41, 5.74) is 6.80. The molecular weight excluding hydrogens is 228 g/mol. The molecule has 18 heavy (non-hydrogen) atoms. The van der Waals surface area contributed by atoms with Gasteiger partial charge in [-0.3, -0.25) is 4.79 Å². The third-order valence-electron chi connectivity index (χ3n) is 2.87. The number of amides is 1. The molecule has 4 heteroatoms. The summed E-state index contributed by atoms with van der Waals surface area (Å²) >= 11 is 0. The predicted molar refractivity (Wildman–Crippen MR) is 70.1 cm³/mol. The van der Waals surface area contributed by atoms with Gasteiger partial charge in [0.15, 0.2) is 0 Å². The lowest BCUT2D eigenvalue weighted by atomic mass is 10.1. The van der Waals surface area contributed by atoms with Crippen LogP contribution in [0.3, 0.4) is 0 Å². The first-order chi connectivity index (χ1) is 8.72. The third kappa shape index (κ3) is 2.95. The number of nitrogens with two attached hydrogens (primary N) is 1. The van der Waals surface area contributed by atoms with Crippen molar-refractivity contribution in [1.29, 1.82) is 0 Å². The Morgan fingerprint density at radius 3 is 2.94 bits per heavy atom. The molecule has 0 atom stereocenters. The van der Waals surface area contributed by atoms with Gasteiger partial charge in [-0.1, -0.05) is 6.07 Å². The van der Waals surface area contributed by atoms with E-state index in [1.165, 1.54) is 0 Å². The van der Waals surface area contributed by atoms with Crippen molar-refractivity contribution in [2.24, 2.45) is 5.73 Å². The molecule has 1 aromatic rings. The average Bonchev–Trinajstić information content (AvgIpc) is 3.19. The van der Waals surface area contributed by atoms with Crippen molar-refractivity contribution in [3.05, 3.63) is 29.8 Å². The number of anilines is 1. The molecule has 0 unspecified atom stereocenters. The highest BCUT2D eigenvalue weighted by atomic mass is 16.5. The fourth-order valence-corrected chi connectivity index (χ4v) is 1.84. The summed E-state index contributed by atoms with van der Waals surface area (Å²) in [4.78, 5) is 13.4. The molecule has 1 aliphatic carbocycles. The normalized spacial score (nSPS) is 13.4. The Morgan fingerprint density at radius 1 is 1.56 bits per heavy atom. The van der Waals surface area contributed by atoms with E-state index < -0.39 is 5.91 Å². The van der Waals surface area contributed by atoms with E-state index >= 15 is 0 Å². The highest BCUT2D eigenvalue weighted by molar-refractivity contribution is 5.93. The van der Waals surface area contributed by atoms with Gasteiger partial charge < -0.3 is 15.4 Å². The van der Waals surface area contributed by atoms with Gasteiger partial charge in [-0.15, -0.1) is 0 Å². The molecule has 94 valence electrons. The number of methoxy groups -OCH3 is 1. The molecule has 2 N–H and O–H groups in total. The Balaban J connectivity index is 2.19. The summed E-state index contributed by atoms with van der Waals surface area (Å²) in [5, 5.41) is 0. The minimum absolute atomic E-state index is 0.407. The number of hydrogen-bond acceptors (Lipinski definition) is 3. The lowest BCUT2D eigenvalue weighted by Gasteiger charge is -2.22. The van der Waals surface area contributed by atoms with Crippen LogP contribution in [0.4, 0.5) is 5.69 Å². The predicted octanol–water partition coefficient (Wildman–Crippen LogP) is 1.36. The maximum Gasteiger partial charge on any atom is 0.248 e. The van der Waals surface area contributed by atoms with Gasteiger partial charge in [-0.05, 0) is 37.0 Å². The van der Waals surface area contributed by atoms with E-state index in [4.69, 9.17) is 10.5 Å². The van der Waals surface area contributed by atoms with Crippen molar-refractivity contribution in [2.75, 3.05) is 18.6 Å². The van der Waals surface area contributed by atoms with Crippen LogP contribution >= 0.6 is 0 Å². The molecule has 0 aromatic heterocycles. The van der Waals surface area contributed by atoms with Gasteiger partial charge in [0.25, 0.3) is 0 Å². The van der Waals surface area contributed by atoms with Gasteiger partial charge in [-0.25, -0.2) is 0 Å². The van der Waals surface area contributed by atoms with Crippen LogP contribution in [0.2, 0.25) is 0 Å².